The molecule has 11 heteroatoms. The molecule has 0 saturated heterocycles. The minimum atomic E-state index is -5.10. The van der Waals surface area contributed by atoms with Gasteiger partial charge in [-0.05, 0) is 30.0 Å². The third-order valence-electron chi connectivity index (χ3n) is 4.67. The molecule has 172 valence electrons. The van der Waals surface area contributed by atoms with Crippen molar-refractivity contribution >= 4 is 29.7 Å². The summed E-state index contributed by atoms with van der Waals surface area (Å²) in [5.41, 5.74) is -3.70. The molecule has 0 aliphatic carbocycles. The number of carbonyl (C=O) groups is 1. The molecule has 0 amide bonds. The number of benzene rings is 1. The van der Waals surface area contributed by atoms with Gasteiger partial charge in [0.25, 0.3) is 6.43 Å². The summed E-state index contributed by atoms with van der Waals surface area (Å²) in [6.45, 7) is 3.35. The second-order valence-corrected chi connectivity index (χ2v) is 7.94. The van der Waals surface area contributed by atoms with Gasteiger partial charge in [0.2, 0.25) is 5.89 Å². The zero-order chi connectivity index (χ0) is 23.8. The number of para-hydroxylation sites is 2. The first-order valence-electron chi connectivity index (χ1n) is 9.49. The number of halogens is 5. The van der Waals surface area contributed by atoms with Gasteiger partial charge in [0.15, 0.2) is 5.58 Å². The normalized spacial score (nSPS) is 13.2. The van der Waals surface area contributed by atoms with Crippen LogP contribution in [0.25, 0.3) is 11.1 Å². The van der Waals surface area contributed by atoms with Crippen LogP contribution in [0.4, 0.5) is 22.0 Å². The molecule has 3 rings (SSSR count). The van der Waals surface area contributed by atoms with Gasteiger partial charge in [0.05, 0.1) is 12.7 Å². The van der Waals surface area contributed by atoms with Crippen molar-refractivity contribution < 1.29 is 35.9 Å². The molecule has 0 N–H and O–H groups in total. The topological polar surface area (TPSA) is 65.2 Å². The number of pyridine rings is 1. The number of fused-ring (bicyclic) bond motifs is 1. The lowest BCUT2D eigenvalue weighted by atomic mass is 9.89. The van der Waals surface area contributed by atoms with E-state index >= 15 is 0 Å². The summed E-state index contributed by atoms with van der Waals surface area (Å²) in [6, 6.07) is 6.50. The molecule has 32 heavy (non-hydrogen) atoms. The second kappa shape index (κ2) is 9.05. The molecule has 1 aromatic carbocycles. The SMILES string of the molecule is COC(=O)c1c(C(F)F)nc(C(F)(F)F)c(C(S)c2nc3ccccc3o2)c1CC(C)C. The first kappa shape index (κ1) is 24.0. The van der Waals surface area contributed by atoms with E-state index in [4.69, 9.17) is 4.42 Å². The first-order valence-corrected chi connectivity index (χ1v) is 10.0. The van der Waals surface area contributed by atoms with Crippen LogP contribution < -0.4 is 0 Å². The molecule has 5 nitrogen and oxygen atoms in total. The lowest BCUT2D eigenvalue weighted by Crippen LogP contribution is -2.23. The number of methoxy groups -OCH3 is 1. The van der Waals surface area contributed by atoms with Crippen LogP contribution in [-0.2, 0) is 17.3 Å². The molecular weight excluding hydrogens is 455 g/mol. The maximum absolute atomic E-state index is 14.0. The van der Waals surface area contributed by atoms with Crippen molar-refractivity contribution in [1.82, 2.24) is 9.97 Å². The molecule has 0 radical (unpaired) electrons. The van der Waals surface area contributed by atoms with E-state index in [0.717, 1.165) is 7.11 Å². The van der Waals surface area contributed by atoms with Crippen LogP contribution in [0.15, 0.2) is 28.7 Å². The average Bonchev–Trinajstić information content (AvgIpc) is 3.15. The Morgan fingerprint density at radius 1 is 1.19 bits per heavy atom. The van der Waals surface area contributed by atoms with Gasteiger partial charge in [-0.2, -0.15) is 25.8 Å². The van der Waals surface area contributed by atoms with Crippen LogP contribution in [0.1, 0.15) is 64.3 Å². The second-order valence-electron chi connectivity index (χ2n) is 7.42. The van der Waals surface area contributed by atoms with E-state index < -0.39 is 46.3 Å². The zero-order valence-corrected chi connectivity index (χ0v) is 18.1. The lowest BCUT2D eigenvalue weighted by molar-refractivity contribution is -0.142. The number of ether oxygens (including phenoxy) is 1. The van der Waals surface area contributed by atoms with Crippen molar-refractivity contribution in [1.29, 1.82) is 0 Å². The third kappa shape index (κ3) is 4.57. The van der Waals surface area contributed by atoms with Gasteiger partial charge in [-0.3, -0.25) is 0 Å². The van der Waals surface area contributed by atoms with E-state index in [1.54, 1.807) is 38.1 Å². The van der Waals surface area contributed by atoms with Gasteiger partial charge in [-0.25, -0.2) is 23.5 Å². The van der Waals surface area contributed by atoms with Crippen LogP contribution in [-0.4, -0.2) is 23.0 Å². The smallest absolute Gasteiger partial charge is 0.433 e. The van der Waals surface area contributed by atoms with E-state index in [1.807, 2.05) is 0 Å². The van der Waals surface area contributed by atoms with Crippen LogP contribution >= 0.6 is 12.6 Å². The number of alkyl halides is 5. The zero-order valence-electron chi connectivity index (χ0n) is 17.2. The Morgan fingerprint density at radius 2 is 1.84 bits per heavy atom. The van der Waals surface area contributed by atoms with E-state index in [0.29, 0.717) is 11.1 Å². The molecule has 3 aromatic rings. The van der Waals surface area contributed by atoms with Crippen LogP contribution in [0.2, 0.25) is 0 Å². The maximum atomic E-state index is 14.0. The molecule has 0 spiro atoms. The van der Waals surface area contributed by atoms with Gasteiger partial charge >= 0.3 is 12.1 Å². The van der Waals surface area contributed by atoms with Gasteiger partial charge in [-0.15, -0.1) is 0 Å². The number of nitrogens with zero attached hydrogens (tertiary/aromatic N) is 2. The molecule has 0 aliphatic rings. The monoisotopic (exact) mass is 474 g/mol. The van der Waals surface area contributed by atoms with E-state index in [9.17, 15) is 26.7 Å². The van der Waals surface area contributed by atoms with Gasteiger partial charge in [0.1, 0.15) is 22.2 Å². The summed E-state index contributed by atoms with van der Waals surface area (Å²) in [4.78, 5) is 19.8. The highest BCUT2D eigenvalue weighted by molar-refractivity contribution is 7.80. The Kier molecular flexibility index (Phi) is 6.77. The number of carbonyl (C=O) groups excluding carboxylic acids is 1. The Bertz CT molecular complexity index is 1110. The highest BCUT2D eigenvalue weighted by Gasteiger charge is 2.43. The van der Waals surface area contributed by atoms with E-state index in [-0.39, 0.29) is 23.8 Å². The summed E-state index contributed by atoms with van der Waals surface area (Å²) in [5.74, 6) is -1.70. The Morgan fingerprint density at radius 3 is 2.38 bits per heavy atom. The van der Waals surface area contributed by atoms with Crippen molar-refractivity contribution in [2.24, 2.45) is 5.92 Å². The molecule has 1 atom stereocenters. The maximum Gasteiger partial charge on any atom is 0.433 e. The average molecular weight is 474 g/mol. The molecule has 2 heterocycles. The number of rotatable bonds is 6. The van der Waals surface area contributed by atoms with Gasteiger partial charge < -0.3 is 9.15 Å². The Balaban J connectivity index is 2.40. The number of hydrogen-bond donors (Lipinski definition) is 1. The summed E-state index contributed by atoms with van der Waals surface area (Å²) in [5, 5.41) is -1.43. The van der Waals surface area contributed by atoms with E-state index in [2.05, 4.69) is 27.3 Å². The third-order valence-corrected chi connectivity index (χ3v) is 5.14. The molecule has 0 fully saturated rings. The van der Waals surface area contributed by atoms with Crippen molar-refractivity contribution in [3.05, 3.63) is 58.2 Å². The highest BCUT2D eigenvalue weighted by Crippen LogP contribution is 2.44. The fourth-order valence-electron chi connectivity index (χ4n) is 3.42. The summed E-state index contributed by atoms with van der Waals surface area (Å²) < 4.78 is 79.6. The van der Waals surface area contributed by atoms with Crippen molar-refractivity contribution in [3.63, 3.8) is 0 Å². The number of esters is 1. The summed E-state index contributed by atoms with van der Waals surface area (Å²) in [7, 11) is 0.951. The Labute approximate surface area is 185 Å². The predicted molar refractivity (Wildman–Crippen MR) is 109 cm³/mol. The van der Waals surface area contributed by atoms with Gasteiger partial charge in [0, 0.05) is 5.56 Å². The summed E-state index contributed by atoms with van der Waals surface area (Å²) >= 11 is 4.31. The molecule has 0 saturated carbocycles. The number of oxazole rings is 1. The summed E-state index contributed by atoms with van der Waals surface area (Å²) in [6.07, 6.45) is -8.68. The minimum absolute atomic E-state index is 0.137. The van der Waals surface area contributed by atoms with Gasteiger partial charge in [-0.1, -0.05) is 26.0 Å². The molecule has 0 bridgehead atoms. The standard InChI is InChI=1S/C21H19F5N2O3S/c1-9(2)8-10-13(20(29)30-3)15(18(22)23)28-17(21(24,25)26)14(10)16(32)19-27-11-6-4-5-7-12(11)31-19/h4-7,9,16,18,32H,8H2,1-3H3. The van der Waals surface area contributed by atoms with Crippen molar-refractivity contribution in [2.75, 3.05) is 7.11 Å². The lowest BCUT2D eigenvalue weighted by Gasteiger charge is -2.24. The van der Waals surface area contributed by atoms with Crippen LogP contribution in [0.5, 0.6) is 0 Å². The van der Waals surface area contributed by atoms with Crippen molar-refractivity contribution in [3.8, 4) is 0 Å². The molecule has 1 unspecified atom stereocenters. The first-order chi connectivity index (χ1) is 15.0. The number of aromatic nitrogens is 2. The largest absolute Gasteiger partial charge is 0.465 e. The fraction of sp³-hybridized carbons (Fsp3) is 0.381. The fourth-order valence-corrected chi connectivity index (χ4v) is 3.81. The molecule has 2 aromatic heterocycles. The minimum Gasteiger partial charge on any atom is -0.465 e. The quantitative estimate of drug-likeness (QED) is 0.262. The highest BCUT2D eigenvalue weighted by atomic mass is 32.1. The van der Waals surface area contributed by atoms with Crippen molar-refractivity contribution in [2.45, 2.75) is 38.1 Å². The van der Waals surface area contributed by atoms with Crippen LogP contribution in [0, 0.1) is 5.92 Å². The number of thiol groups is 1. The number of hydrogen-bond acceptors (Lipinski definition) is 6. The molecular formula is C21H19F5N2O3S. The predicted octanol–water partition coefficient (Wildman–Crippen LogP) is 6.18. The molecule has 0 aliphatic heterocycles. The Hall–Kier alpha value is -2.69. The van der Waals surface area contributed by atoms with E-state index in [1.165, 1.54) is 0 Å². The van der Waals surface area contributed by atoms with Crippen LogP contribution in [0.3, 0.4) is 0 Å².